The van der Waals surface area contributed by atoms with Gasteiger partial charge in [0.25, 0.3) is 0 Å². The molecule has 6 heteroatoms. The van der Waals surface area contributed by atoms with E-state index in [4.69, 9.17) is 34.4 Å². The number of terminal acetylenes is 1. The van der Waals surface area contributed by atoms with Crippen LogP contribution in [0.3, 0.4) is 0 Å². The van der Waals surface area contributed by atoms with Crippen molar-refractivity contribution < 1.29 is 13.9 Å². The van der Waals surface area contributed by atoms with E-state index < -0.39 is 17.3 Å². The molecular weight excluding hydrogens is 304 g/mol. The van der Waals surface area contributed by atoms with Crippen LogP contribution in [0.2, 0.25) is 10.0 Å². The number of hydrogen-bond donors (Lipinski definition) is 1. The molecule has 0 amide bonds. The van der Waals surface area contributed by atoms with Crippen LogP contribution in [-0.2, 0) is 15.1 Å². The van der Waals surface area contributed by atoms with Crippen molar-refractivity contribution in [2.24, 2.45) is 0 Å². The van der Waals surface area contributed by atoms with Crippen LogP contribution in [0.1, 0.15) is 19.4 Å². The van der Waals surface area contributed by atoms with Crippen LogP contribution in [0.4, 0.5) is 4.39 Å². The van der Waals surface area contributed by atoms with Gasteiger partial charge in [-0.3, -0.25) is 5.32 Å². The van der Waals surface area contributed by atoms with E-state index in [0.717, 1.165) is 6.07 Å². The van der Waals surface area contributed by atoms with Gasteiger partial charge in [-0.05, 0) is 26.0 Å². The molecule has 1 unspecified atom stereocenters. The second-order valence-corrected chi connectivity index (χ2v) is 4.96. The predicted molar refractivity (Wildman–Crippen MR) is 77.2 cm³/mol. The summed E-state index contributed by atoms with van der Waals surface area (Å²) >= 11 is 11.7. The molecule has 20 heavy (non-hydrogen) atoms. The average Bonchev–Trinajstić information content (AvgIpc) is 2.40. The molecule has 1 aromatic rings. The summed E-state index contributed by atoms with van der Waals surface area (Å²) in [6.45, 7) is 3.47. The van der Waals surface area contributed by atoms with Crippen molar-refractivity contribution >= 4 is 29.2 Å². The zero-order chi connectivity index (χ0) is 15.3. The van der Waals surface area contributed by atoms with Gasteiger partial charge in [0.2, 0.25) is 0 Å². The van der Waals surface area contributed by atoms with Crippen LogP contribution in [0, 0.1) is 18.2 Å². The molecule has 0 saturated carbocycles. The zero-order valence-corrected chi connectivity index (χ0v) is 12.6. The lowest BCUT2D eigenvalue weighted by atomic mass is 9.91. The highest BCUT2D eigenvalue weighted by molar-refractivity contribution is 6.35. The molecule has 1 atom stereocenters. The van der Waals surface area contributed by atoms with Crippen molar-refractivity contribution in [3.63, 3.8) is 0 Å². The van der Waals surface area contributed by atoms with E-state index in [1.165, 1.54) is 13.0 Å². The van der Waals surface area contributed by atoms with Crippen molar-refractivity contribution in [3.05, 3.63) is 33.6 Å². The third-order valence-electron chi connectivity index (χ3n) is 2.78. The summed E-state index contributed by atoms with van der Waals surface area (Å²) in [7, 11) is 0. The van der Waals surface area contributed by atoms with Gasteiger partial charge in [0.15, 0.2) is 0 Å². The van der Waals surface area contributed by atoms with Crippen molar-refractivity contribution in [3.8, 4) is 12.3 Å². The summed E-state index contributed by atoms with van der Waals surface area (Å²) < 4.78 is 18.6. The first-order valence-electron chi connectivity index (χ1n) is 5.87. The Morgan fingerprint density at radius 2 is 2.15 bits per heavy atom. The monoisotopic (exact) mass is 317 g/mol. The molecule has 1 N–H and O–H groups in total. The van der Waals surface area contributed by atoms with E-state index in [2.05, 4.69) is 11.2 Å². The van der Waals surface area contributed by atoms with Crippen LogP contribution in [0.25, 0.3) is 0 Å². The van der Waals surface area contributed by atoms with E-state index >= 15 is 0 Å². The van der Waals surface area contributed by atoms with Gasteiger partial charge >= 0.3 is 5.97 Å². The van der Waals surface area contributed by atoms with Crippen molar-refractivity contribution in [1.29, 1.82) is 0 Å². The normalized spacial score (nSPS) is 13.4. The lowest BCUT2D eigenvalue weighted by molar-refractivity contribution is -0.150. The number of nitrogens with one attached hydrogen (secondary N) is 1. The molecule has 0 aliphatic carbocycles. The maximum atomic E-state index is 13.7. The van der Waals surface area contributed by atoms with Crippen LogP contribution in [-0.4, -0.2) is 19.1 Å². The molecule has 0 aromatic heterocycles. The SMILES string of the molecule is C#CCNC(C)(C(=O)OCC)c1cc(F)c(Cl)cc1Cl. The van der Waals surface area contributed by atoms with Crippen molar-refractivity contribution in [2.75, 3.05) is 13.2 Å². The summed E-state index contributed by atoms with van der Waals surface area (Å²) in [6.07, 6.45) is 5.19. The Kier molecular flexibility index (Phi) is 5.82. The van der Waals surface area contributed by atoms with E-state index in [1.54, 1.807) is 6.92 Å². The van der Waals surface area contributed by atoms with Gasteiger partial charge in [-0.1, -0.05) is 29.1 Å². The van der Waals surface area contributed by atoms with Gasteiger partial charge in [0.1, 0.15) is 11.4 Å². The average molecular weight is 318 g/mol. The molecule has 0 saturated heterocycles. The lowest BCUT2D eigenvalue weighted by Crippen LogP contribution is -2.48. The third-order valence-corrected chi connectivity index (χ3v) is 3.38. The predicted octanol–water partition coefficient (Wildman–Crippen LogP) is 3.13. The Bertz CT molecular complexity index is 557. The molecule has 0 spiro atoms. The van der Waals surface area contributed by atoms with Crippen LogP contribution in [0.5, 0.6) is 0 Å². The summed E-state index contributed by atoms with van der Waals surface area (Å²) in [6, 6.07) is 2.34. The molecule has 0 bridgehead atoms. The first kappa shape index (κ1) is 16.8. The number of halogens is 3. The largest absolute Gasteiger partial charge is 0.464 e. The summed E-state index contributed by atoms with van der Waals surface area (Å²) in [4.78, 5) is 12.2. The van der Waals surface area contributed by atoms with Crippen LogP contribution in [0.15, 0.2) is 12.1 Å². The standard InChI is InChI=1S/C14H14Cl2FNO2/c1-4-6-18-14(3,13(19)20-5-2)9-7-12(17)11(16)8-10(9)15/h1,7-8,18H,5-6H2,2-3H3. The van der Waals surface area contributed by atoms with E-state index in [-0.39, 0.29) is 28.8 Å². The fraction of sp³-hybridized carbons (Fsp3) is 0.357. The number of hydrogen-bond acceptors (Lipinski definition) is 3. The molecule has 0 aliphatic heterocycles. The second-order valence-electron chi connectivity index (χ2n) is 4.15. The first-order chi connectivity index (χ1) is 9.36. The first-order valence-corrected chi connectivity index (χ1v) is 6.63. The minimum Gasteiger partial charge on any atom is -0.464 e. The second kappa shape index (κ2) is 6.94. The fourth-order valence-corrected chi connectivity index (χ4v) is 2.26. The summed E-state index contributed by atoms with van der Waals surface area (Å²) in [5.41, 5.74) is -1.14. The number of rotatable bonds is 5. The third kappa shape index (κ3) is 3.43. The lowest BCUT2D eigenvalue weighted by Gasteiger charge is -2.29. The smallest absolute Gasteiger partial charge is 0.330 e. The number of benzene rings is 1. The van der Waals surface area contributed by atoms with Gasteiger partial charge in [-0.25, -0.2) is 9.18 Å². The Balaban J connectivity index is 3.34. The molecule has 108 valence electrons. The Morgan fingerprint density at radius 1 is 1.50 bits per heavy atom. The fourth-order valence-electron chi connectivity index (χ4n) is 1.69. The molecule has 0 heterocycles. The number of esters is 1. The van der Waals surface area contributed by atoms with E-state index in [9.17, 15) is 9.18 Å². The minimum absolute atomic E-state index is 0.0931. The van der Waals surface area contributed by atoms with Crippen molar-refractivity contribution in [1.82, 2.24) is 5.32 Å². The maximum Gasteiger partial charge on any atom is 0.330 e. The van der Waals surface area contributed by atoms with Crippen LogP contribution >= 0.6 is 23.2 Å². The number of carbonyl (C=O) groups is 1. The highest BCUT2D eigenvalue weighted by Gasteiger charge is 2.38. The molecular formula is C14H14Cl2FNO2. The summed E-state index contributed by atoms with van der Waals surface area (Å²) in [5.74, 6) is 1.08. The molecule has 1 aromatic carbocycles. The van der Waals surface area contributed by atoms with Gasteiger partial charge in [-0.15, -0.1) is 6.42 Å². The van der Waals surface area contributed by atoms with Crippen LogP contribution < -0.4 is 5.32 Å². The minimum atomic E-state index is -1.36. The van der Waals surface area contributed by atoms with E-state index in [0.29, 0.717) is 0 Å². The molecule has 1 rings (SSSR count). The highest BCUT2D eigenvalue weighted by atomic mass is 35.5. The Labute approximate surface area is 127 Å². The van der Waals surface area contributed by atoms with Gasteiger partial charge in [0, 0.05) is 10.6 Å². The number of ether oxygens (including phenoxy) is 1. The van der Waals surface area contributed by atoms with Gasteiger partial charge in [0.05, 0.1) is 18.2 Å². The summed E-state index contributed by atoms with van der Waals surface area (Å²) in [5, 5.41) is 2.86. The molecule has 0 aliphatic rings. The van der Waals surface area contributed by atoms with E-state index in [1.807, 2.05) is 0 Å². The zero-order valence-electron chi connectivity index (χ0n) is 11.1. The van der Waals surface area contributed by atoms with Crippen molar-refractivity contribution in [2.45, 2.75) is 19.4 Å². The molecule has 0 fully saturated rings. The number of carbonyl (C=O) groups excluding carboxylic acids is 1. The Hall–Kier alpha value is -1.28. The molecule has 3 nitrogen and oxygen atoms in total. The quantitative estimate of drug-likeness (QED) is 0.515. The molecule has 0 radical (unpaired) electrons. The van der Waals surface area contributed by atoms with Gasteiger partial charge < -0.3 is 4.74 Å². The Morgan fingerprint density at radius 3 is 2.70 bits per heavy atom. The topological polar surface area (TPSA) is 38.3 Å². The van der Waals surface area contributed by atoms with Gasteiger partial charge in [-0.2, -0.15) is 0 Å². The highest BCUT2D eigenvalue weighted by Crippen LogP contribution is 2.33. The maximum absolute atomic E-state index is 13.7.